The van der Waals surface area contributed by atoms with Gasteiger partial charge in [0.25, 0.3) is 7.44 Å². The molecule has 1 saturated heterocycles. The Balaban J connectivity index is 2.00. The summed E-state index contributed by atoms with van der Waals surface area (Å²) >= 11 is 0. The number of anilines is 2. The molecule has 0 amide bonds. The van der Waals surface area contributed by atoms with E-state index in [9.17, 15) is 9.36 Å². The van der Waals surface area contributed by atoms with E-state index in [1.807, 2.05) is 64.8 Å². The van der Waals surface area contributed by atoms with Gasteiger partial charge in [0, 0.05) is 29.8 Å². The smallest absolute Gasteiger partial charge is 0.310 e. The number of aryl methyl sites for hydroxylation is 1. The summed E-state index contributed by atoms with van der Waals surface area (Å²) in [6.45, 7) is 9.22. The number of esters is 1. The Morgan fingerprint density at radius 2 is 1.55 bits per heavy atom. The fraction of sp³-hybridized carbons (Fsp3) is 0.318. The van der Waals surface area contributed by atoms with Crippen LogP contribution < -0.4 is 14.1 Å². The quantitative estimate of drug-likeness (QED) is 0.470. The summed E-state index contributed by atoms with van der Waals surface area (Å²) in [7, 11) is -1.70. The first-order valence-corrected chi connectivity index (χ1v) is 11.2. The average Bonchev–Trinajstić information content (AvgIpc) is 3.07. The fourth-order valence-electron chi connectivity index (χ4n) is 3.46. The monoisotopic (exact) mass is 414 g/mol. The van der Waals surface area contributed by atoms with E-state index in [0.29, 0.717) is 18.4 Å². The Morgan fingerprint density at radius 3 is 2.03 bits per heavy atom. The number of benzene rings is 2. The molecule has 0 radical (unpaired) electrons. The number of carbonyl (C=O) groups is 1. The molecule has 1 aliphatic rings. The molecule has 0 bridgehead atoms. The molecule has 0 aliphatic carbocycles. The predicted octanol–water partition coefficient (Wildman–Crippen LogP) is 4.99. The van der Waals surface area contributed by atoms with Crippen LogP contribution in [0.4, 0.5) is 11.4 Å². The zero-order chi connectivity index (χ0) is 21.0. The van der Waals surface area contributed by atoms with E-state index in [1.165, 1.54) is 0 Å². The molecule has 6 nitrogen and oxygen atoms in total. The van der Waals surface area contributed by atoms with Gasteiger partial charge in [-0.25, -0.2) is 0 Å². The molecule has 1 unspecified atom stereocenters. The zero-order valence-corrected chi connectivity index (χ0v) is 18.0. The van der Waals surface area contributed by atoms with Crippen molar-refractivity contribution >= 4 is 24.8 Å². The SMILES string of the molecule is C=C(CC(=O)OCC)P1(=O)N(c2ccc(C)cc2)CCN1c1ccc(OC)cc1. The maximum atomic E-state index is 14.5. The number of hydrogen-bond donors (Lipinski definition) is 0. The lowest BCUT2D eigenvalue weighted by Gasteiger charge is -2.33. The van der Waals surface area contributed by atoms with E-state index in [-0.39, 0.29) is 13.0 Å². The maximum Gasteiger partial charge on any atom is 0.310 e. The Hall–Kier alpha value is -2.72. The molecule has 0 spiro atoms. The second kappa shape index (κ2) is 8.75. The van der Waals surface area contributed by atoms with Crippen LogP contribution in [-0.4, -0.2) is 32.8 Å². The summed E-state index contributed by atoms with van der Waals surface area (Å²) in [5.41, 5.74) is 2.77. The molecule has 1 atom stereocenters. The van der Waals surface area contributed by atoms with Crippen molar-refractivity contribution < 1.29 is 18.8 Å². The molecular formula is C22H27N2O4P. The lowest BCUT2D eigenvalue weighted by atomic mass is 10.2. The van der Waals surface area contributed by atoms with Crippen molar-refractivity contribution in [1.82, 2.24) is 0 Å². The van der Waals surface area contributed by atoms with E-state index in [0.717, 1.165) is 22.7 Å². The summed E-state index contributed by atoms with van der Waals surface area (Å²) in [4.78, 5) is 12.1. The summed E-state index contributed by atoms with van der Waals surface area (Å²) in [6.07, 6.45) is -0.0832. The van der Waals surface area contributed by atoms with Crippen molar-refractivity contribution in [3.8, 4) is 5.75 Å². The van der Waals surface area contributed by atoms with Gasteiger partial charge in [-0.05, 0) is 50.2 Å². The third kappa shape index (κ3) is 4.18. The summed E-state index contributed by atoms with van der Waals surface area (Å²) < 4.78 is 28.5. The normalized spacial score (nSPS) is 18.6. The molecule has 154 valence electrons. The van der Waals surface area contributed by atoms with Crippen molar-refractivity contribution in [2.75, 3.05) is 36.1 Å². The topological polar surface area (TPSA) is 59.1 Å². The van der Waals surface area contributed by atoms with Gasteiger partial charge in [0.1, 0.15) is 5.75 Å². The summed E-state index contributed by atoms with van der Waals surface area (Å²) in [5, 5.41) is 0.366. The predicted molar refractivity (Wildman–Crippen MR) is 117 cm³/mol. The number of rotatable bonds is 7. The first-order valence-electron chi connectivity index (χ1n) is 9.61. The number of ether oxygens (including phenoxy) is 2. The van der Waals surface area contributed by atoms with Gasteiger partial charge < -0.3 is 18.8 Å². The fourth-order valence-corrected chi connectivity index (χ4v) is 6.35. The highest BCUT2D eigenvalue weighted by molar-refractivity contribution is 7.71. The molecule has 1 heterocycles. The average molecular weight is 414 g/mol. The molecule has 29 heavy (non-hydrogen) atoms. The standard InChI is InChI=1S/C22H27N2O4P/c1-5-28-22(25)16-18(3)29(26)23(19-8-6-17(2)7-9-19)14-15-24(29)20-10-12-21(27-4)13-11-20/h6-13H,3,5,14-16H2,1-2,4H3. The van der Waals surface area contributed by atoms with Crippen molar-refractivity contribution in [2.24, 2.45) is 0 Å². The first kappa shape index (κ1) is 21.0. The number of hydrogen-bond acceptors (Lipinski definition) is 4. The van der Waals surface area contributed by atoms with E-state index in [2.05, 4.69) is 6.58 Å². The molecule has 1 fully saturated rings. The second-order valence-corrected chi connectivity index (χ2v) is 9.56. The van der Waals surface area contributed by atoms with Gasteiger partial charge in [-0.1, -0.05) is 24.3 Å². The van der Waals surface area contributed by atoms with Gasteiger partial charge in [-0.3, -0.25) is 9.36 Å². The minimum absolute atomic E-state index is 0.0832. The van der Waals surface area contributed by atoms with E-state index in [4.69, 9.17) is 9.47 Å². The van der Waals surface area contributed by atoms with E-state index >= 15 is 0 Å². The van der Waals surface area contributed by atoms with Gasteiger partial charge >= 0.3 is 5.97 Å². The second-order valence-electron chi connectivity index (χ2n) is 6.87. The van der Waals surface area contributed by atoms with Crippen LogP contribution in [0.15, 0.2) is 60.4 Å². The van der Waals surface area contributed by atoms with Crippen LogP contribution in [0.3, 0.4) is 0 Å². The molecule has 2 aromatic carbocycles. The largest absolute Gasteiger partial charge is 0.497 e. The van der Waals surface area contributed by atoms with Crippen LogP contribution in [-0.2, 0) is 14.1 Å². The summed E-state index contributed by atoms with van der Waals surface area (Å²) in [6, 6.07) is 15.3. The van der Waals surface area contributed by atoms with Crippen molar-refractivity contribution in [3.63, 3.8) is 0 Å². The Kier molecular flexibility index (Phi) is 6.33. The zero-order valence-electron chi connectivity index (χ0n) is 17.1. The van der Waals surface area contributed by atoms with Gasteiger partial charge in [-0.15, -0.1) is 0 Å². The maximum absolute atomic E-state index is 14.5. The highest BCUT2D eigenvalue weighted by Crippen LogP contribution is 2.65. The highest BCUT2D eigenvalue weighted by atomic mass is 31.2. The highest BCUT2D eigenvalue weighted by Gasteiger charge is 2.46. The van der Waals surface area contributed by atoms with Crippen molar-refractivity contribution in [1.29, 1.82) is 0 Å². The Bertz CT molecular complexity index is 925. The van der Waals surface area contributed by atoms with Crippen LogP contribution >= 0.6 is 7.44 Å². The third-order valence-electron chi connectivity index (χ3n) is 4.95. The van der Waals surface area contributed by atoms with Crippen LogP contribution in [0.1, 0.15) is 18.9 Å². The van der Waals surface area contributed by atoms with Gasteiger partial charge in [0.15, 0.2) is 0 Å². The van der Waals surface area contributed by atoms with Crippen molar-refractivity contribution in [3.05, 3.63) is 66.0 Å². The lowest BCUT2D eigenvalue weighted by Crippen LogP contribution is -2.21. The van der Waals surface area contributed by atoms with E-state index < -0.39 is 13.4 Å². The molecular weight excluding hydrogens is 387 g/mol. The van der Waals surface area contributed by atoms with Crippen LogP contribution in [0.2, 0.25) is 0 Å². The van der Waals surface area contributed by atoms with Crippen LogP contribution in [0.5, 0.6) is 5.75 Å². The third-order valence-corrected chi connectivity index (χ3v) is 8.10. The molecule has 2 aromatic rings. The molecule has 1 aliphatic heterocycles. The molecule has 0 aromatic heterocycles. The number of methoxy groups -OCH3 is 1. The molecule has 0 saturated carbocycles. The van der Waals surface area contributed by atoms with E-state index in [1.54, 1.807) is 14.0 Å². The van der Waals surface area contributed by atoms with Gasteiger partial charge in [-0.2, -0.15) is 0 Å². The summed E-state index contributed by atoms with van der Waals surface area (Å²) in [5.74, 6) is 0.307. The van der Waals surface area contributed by atoms with Crippen molar-refractivity contribution in [2.45, 2.75) is 20.3 Å². The van der Waals surface area contributed by atoms with Gasteiger partial charge in [0.2, 0.25) is 0 Å². The Morgan fingerprint density at radius 1 is 1.03 bits per heavy atom. The molecule has 3 rings (SSSR count). The number of carbonyl (C=O) groups excluding carboxylic acids is 1. The lowest BCUT2D eigenvalue weighted by molar-refractivity contribution is -0.142. The minimum atomic E-state index is -3.31. The molecule has 0 N–H and O–H groups in total. The van der Waals surface area contributed by atoms with Crippen LogP contribution in [0.25, 0.3) is 0 Å². The Labute approximate surface area is 172 Å². The van der Waals surface area contributed by atoms with Gasteiger partial charge in [0.05, 0.1) is 20.1 Å². The minimum Gasteiger partial charge on any atom is -0.497 e. The first-order chi connectivity index (χ1) is 13.9. The van der Waals surface area contributed by atoms with Crippen LogP contribution in [0, 0.1) is 6.92 Å². The number of nitrogens with zero attached hydrogens (tertiary/aromatic N) is 2. The molecule has 7 heteroatoms.